The molecule has 0 spiro atoms. The van der Waals surface area contributed by atoms with Crippen LogP contribution in [0.4, 0.5) is 0 Å². The van der Waals surface area contributed by atoms with Crippen LogP contribution in [0.2, 0.25) is 0 Å². The third kappa shape index (κ3) is 5.70. The van der Waals surface area contributed by atoms with Gasteiger partial charge in [0.2, 0.25) is 0 Å². The van der Waals surface area contributed by atoms with E-state index < -0.39 is 32.5 Å². The number of benzene rings is 2. The van der Waals surface area contributed by atoms with E-state index in [0.717, 1.165) is 23.3 Å². The number of carbonyl (C=O) groups is 2. The molecular formula is C17H15O7S-3. The van der Waals surface area contributed by atoms with Crippen LogP contribution in [0.1, 0.15) is 37.4 Å². The molecular weight excluding hydrogens is 348 g/mol. The Labute approximate surface area is 145 Å². The molecule has 0 N–H and O–H groups in total. The standard InChI is InChI=1S/C9H10O2.C8H8O5S/c1-6-3-4-8(9(10)11)5-7(6)2;1-5-2-3-6(8(9)10)7(4-5)14(11,12)13/h3-5H,1-2H3,(H,10,11);2-4H,1H3,(H,9,10)(H,11,12,13)/p-3. The summed E-state index contributed by atoms with van der Waals surface area (Å²) in [6.45, 7) is 5.36. The Hall–Kier alpha value is -2.71. The van der Waals surface area contributed by atoms with E-state index in [-0.39, 0.29) is 5.56 Å². The molecule has 0 amide bonds. The number of aromatic carboxylic acids is 2. The van der Waals surface area contributed by atoms with Crippen molar-refractivity contribution in [3.05, 3.63) is 64.2 Å². The highest BCUT2D eigenvalue weighted by atomic mass is 32.2. The molecule has 0 aliphatic heterocycles. The Morgan fingerprint density at radius 3 is 1.88 bits per heavy atom. The van der Waals surface area contributed by atoms with E-state index in [1.54, 1.807) is 25.1 Å². The van der Waals surface area contributed by atoms with E-state index >= 15 is 0 Å². The van der Waals surface area contributed by atoms with E-state index in [4.69, 9.17) is 0 Å². The van der Waals surface area contributed by atoms with Crippen LogP contribution >= 0.6 is 0 Å². The van der Waals surface area contributed by atoms with Crippen LogP contribution in [0.5, 0.6) is 0 Å². The molecule has 2 aromatic carbocycles. The van der Waals surface area contributed by atoms with E-state index in [2.05, 4.69) is 0 Å². The average molecular weight is 363 g/mol. The summed E-state index contributed by atoms with van der Waals surface area (Å²) >= 11 is 0. The zero-order valence-electron chi connectivity index (χ0n) is 13.7. The number of rotatable bonds is 3. The summed E-state index contributed by atoms with van der Waals surface area (Å²) in [5.41, 5.74) is 2.20. The van der Waals surface area contributed by atoms with E-state index in [9.17, 15) is 32.8 Å². The van der Waals surface area contributed by atoms with Crippen molar-refractivity contribution in [1.82, 2.24) is 0 Å². The average Bonchev–Trinajstić information content (AvgIpc) is 2.49. The molecule has 2 rings (SSSR count). The van der Waals surface area contributed by atoms with Crippen LogP contribution in [0.25, 0.3) is 0 Å². The maximum atomic E-state index is 10.7. The summed E-state index contributed by atoms with van der Waals surface area (Å²) < 4.78 is 32.0. The molecule has 0 bridgehead atoms. The summed E-state index contributed by atoms with van der Waals surface area (Å²) in [7, 11) is -4.77. The van der Waals surface area contributed by atoms with Gasteiger partial charge in [0.05, 0.1) is 16.8 Å². The second kappa shape index (κ2) is 7.91. The first-order chi connectivity index (χ1) is 11.4. The van der Waals surface area contributed by atoms with Gasteiger partial charge in [-0.1, -0.05) is 24.3 Å². The smallest absolute Gasteiger partial charge is 0.125 e. The topological polar surface area (TPSA) is 137 Å². The molecule has 0 fully saturated rings. The molecule has 0 atom stereocenters. The van der Waals surface area contributed by atoms with Crippen molar-refractivity contribution in [2.45, 2.75) is 25.7 Å². The monoisotopic (exact) mass is 363 g/mol. The first kappa shape index (κ1) is 20.3. The molecule has 8 heteroatoms. The molecule has 0 saturated carbocycles. The molecule has 0 aromatic heterocycles. The molecule has 25 heavy (non-hydrogen) atoms. The quantitative estimate of drug-likeness (QED) is 0.696. The van der Waals surface area contributed by atoms with Crippen LogP contribution < -0.4 is 10.2 Å². The van der Waals surface area contributed by atoms with Crippen molar-refractivity contribution in [2.24, 2.45) is 0 Å². The van der Waals surface area contributed by atoms with Gasteiger partial charge in [0.15, 0.2) is 0 Å². The van der Waals surface area contributed by atoms with Crippen molar-refractivity contribution < 1.29 is 32.8 Å². The Morgan fingerprint density at radius 1 is 0.840 bits per heavy atom. The second-order valence-corrected chi connectivity index (χ2v) is 6.68. The number of carboxylic acid groups (broad SMARTS) is 2. The zero-order chi connectivity index (χ0) is 19.4. The molecule has 0 heterocycles. The molecule has 0 radical (unpaired) electrons. The van der Waals surface area contributed by atoms with Crippen molar-refractivity contribution in [3.8, 4) is 0 Å². The van der Waals surface area contributed by atoms with Crippen molar-refractivity contribution >= 4 is 22.1 Å². The van der Waals surface area contributed by atoms with Gasteiger partial charge in [0, 0.05) is 5.56 Å². The normalized spacial score (nSPS) is 10.6. The summed E-state index contributed by atoms with van der Waals surface area (Å²) in [4.78, 5) is 20.1. The predicted molar refractivity (Wildman–Crippen MR) is 83.7 cm³/mol. The van der Waals surface area contributed by atoms with Crippen molar-refractivity contribution in [1.29, 1.82) is 0 Å². The fourth-order valence-corrected chi connectivity index (χ4v) is 2.62. The lowest BCUT2D eigenvalue weighted by Crippen LogP contribution is -2.24. The summed E-state index contributed by atoms with van der Waals surface area (Å²) in [5.74, 6) is -2.80. The molecule has 0 unspecified atom stereocenters. The van der Waals surface area contributed by atoms with Gasteiger partial charge in [0.1, 0.15) is 10.1 Å². The largest absolute Gasteiger partial charge is 0.744 e. The van der Waals surface area contributed by atoms with Crippen molar-refractivity contribution in [3.63, 3.8) is 0 Å². The highest BCUT2D eigenvalue weighted by molar-refractivity contribution is 7.85. The van der Waals surface area contributed by atoms with E-state index in [1.165, 1.54) is 6.07 Å². The minimum Gasteiger partial charge on any atom is -0.744 e. The highest BCUT2D eigenvalue weighted by Gasteiger charge is 2.09. The number of hydrogen-bond acceptors (Lipinski definition) is 7. The number of carboxylic acids is 2. The molecule has 0 aliphatic rings. The lowest BCUT2D eigenvalue weighted by atomic mass is 10.1. The Kier molecular flexibility index (Phi) is 6.43. The first-order valence-electron chi connectivity index (χ1n) is 7.00. The van der Waals surface area contributed by atoms with Crippen LogP contribution in [0.15, 0.2) is 41.3 Å². The first-order valence-corrected chi connectivity index (χ1v) is 8.40. The van der Waals surface area contributed by atoms with Gasteiger partial charge in [-0.25, -0.2) is 8.42 Å². The highest BCUT2D eigenvalue weighted by Crippen LogP contribution is 2.16. The lowest BCUT2D eigenvalue weighted by molar-refractivity contribution is -0.256. The summed E-state index contributed by atoms with van der Waals surface area (Å²) in [5, 5.41) is 20.8. The maximum absolute atomic E-state index is 10.7. The second-order valence-electron chi connectivity index (χ2n) is 5.33. The Bertz CT molecular complexity index is 915. The van der Waals surface area contributed by atoms with Gasteiger partial charge in [-0.05, 0) is 55.2 Å². The molecule has 134 valence electrons. The number of carbonyl (C=O) groups excluding carboxylic acids is 2. The Morgan fingerprint density at radius 2 is 1.44 bits per heavy atom. The fourth-order valence-electron chi connectivity index (χ4n) is 1.87. The van der Waals surface area contributed by atoms with E-state index in [1.807, 2.05) is 13.8 Å². The molecule has 2 aromatic rings. The summed E-state index contributed by atoms with van der Waals surface area (Å²) in [6.07, 6.45) is 0. The minimum atomic E-state index is -4.77. The van der Waals surface area contributed by atoms with Gasteiger partial charge < -0.3 is 24.4 Å². The van der Waals surface area contributed by atoms with Gasteiger partial charge in [-0.3, -0.25) is 0 Å². The zero-order valence-corrected chi connectivity index (χ0v) is 14.5. The van der Waals surface area contributed by atoms with Crippen molar-refractivity contribution in [2.75, 3.05) is 0 Å². The molecule has 0 saturated heterocycles. The number of hydrogen-bond donors (Lipinski definition) is 0. The van der Waals surface area contributed by atoms with E-state index in [0.29, 0.717) is 5.56 Å². The minimum absolute atomic E-state index is 0.244. The van der Waals surface area contributed by atoms with Gasteiger partial charge >= 0.3 is 0 Å². The molecule has 0 aliphatic carbocycles. The molecule has 7 nitrogen and oxygen atoms in total. The van der Waals surface area contributed by atoms with Crippen LogP contribution in [-0.4, -0.2) is 24.9 Å². The van der Waals surface area contributed by atoms with Crippen LogP contribution in [0.3, 0.4) is 0 Å². The van der Waals surface area contributed by atoms with Gasteiger partial charge in [-0.15, -0.1) is 0 Å². The van der Waals surface area contributed by atoms with Crippen LogP contribution in [-0.2, 0) is 10.1 Å². The Balaban J connectivity index is 0.000000257. The summed E-state index contributed by atoms with van der Waals surface area (Å²) in [6, 6.07) is 8.38. The SMILES string of the molecule is Cc1ccc(C(=O)[O-])c(S(=O)(=O)[O-])c1.Cc1ccc(C(=O)[O-])cc1C. The maximum Gasteiger partial charge on any atom is 0.125 e. The van der Waals surface area contributed by atoms with Gasteiger partial charge in [-0.2, -0.15) is 0 Å². The fraction of sp³-hybridized carbons (Fsp3) is 0.176. The third-order valence-electron chi connectivity index (χ3n) is 3.37. The van der Waals surface area contributed by atoms with Crippen LogP contribution in [0, 0.1) is 20.8 Å². The third-order valence-corrected chi connectivity index (χ3v) is 4.25. The predicted octanol–water partition coefficient (Wildman–Crippen LogP) is -0.0704. The lowest BCUT2D eigenvalue weighted by Gasteiger charge is -2.13. The van der Waals surface area contributed by atoms with Gasteiger partial charge in [0.25, 0.3) is 0 Å². The number of aryl methyl sites for hydroxylation is 3.